The van der Waals surface area contributed by atoms with Crippen LogP contribution in [0, 0.1) is 0 Å². The summed E-state index contributed by atoms with van der Waals surface area (Å²) < 4.78 is 15.3. The van der Waals surface area contributed by atoms with Crippen LogP contribution in [0.15, 0.2) is 16.6 Å². The van der Waals surface area contributed by atoms with Crippen LogP contribution in [0.3, 0.4) is 0 Å². The van der Waals surface area contributed by atoms with Crippen LogP contribution in [-0.2, 0) is 9.53 Å². The molecule has 0 heterocycles. The fraction of sp³-hybridized carbons (Fsp3) is 0.273. The van der Waals surface area contributed by atoms with Crippen LogP contribution in [0.2, 0.25) is 0 Å². The Morgan fingerprint density at radius 1 is 1.28 bits per heavy atom. The van der Waals surface area contributed by atoms with Gasteiger partial charge in [0.15, 0.2) is 6.61 Å². The van der Waals surface area contributed by atoms with Gasteiger partial charge in [0.2, 0.25) is 0 Å². The van der Waals surface area contributed by atoms with Crippen molar-refractivity contribution in [3.05, 3.63) is 22.2 Å². The van der Waals surface area contributed by atoms with Crippen LogP contribution < -0.4 is 15.2 Å². The van der Waals surface area contributed by atoms with Crippen molar-refractivity contribution >= 4 is 27.8 Å². The number of benzene rings is 1. The zero-order chi connectivity index (χ0) is 13.7. The average Bonchev–Trinajstić information content (AvgIpc) is 2.35. The molecule has 1 rings (SSSR count). The second-order valence-corrected chi connectivity index (χ2v) is 4.08. The fourth-order valence-corrected chi connectivity index (χ4v) is 1.69. The Labute approximate surface area is 112 Å². The van der Waals surface area contributed by atoms with Crippen molar-refractivity contribution in [2.24, 2.45) is 5.73 Å². The smallest absolute Gasteiger partial charge is 0.341 e. The Hall–Kier alpha value is -1.76. The van der Waals surface area contributed by atoms with E-state index in [-0.39, 0.29) is 17.9 Å². The molecule has 1 aromatic carbocycles. The molecule has 0 aliphatic rings. The first kappa shape index (κ1) is 14.3. The number of nitrogens with two attached hydrogens (primary N) is 1. The Morgan fingerprint density at radius 3 is 2.44 bits per heavy atom. The quantitative estimate of drug-likeness (QED) is 0.822. The van der Waals surface area contributed by atoms with Gasteiger partial charge in [0.1, 0.15) is 17.1 Å². The highest BCUT2D eigenvalue weighted by Gasteiger charge is 2.17. The second kappa shape index (κ2) is 6.25. The maximum absolute atomic E-state index is 11.5. The number of carbonyl (C=O) groups is 2. The van der Waals surface area contributed by atoms with Gasteiger partial charge in [-0.05, 0) is 22.0 Å². The third-order valence-corrected chi connectivity index (χ3v) is 2.65. The molecule has 18 heavy (non-hydrogen) atoms. The highest BCUT2D eigenvalue weighted by molar-refractivity contribution is 9.10. The summed E-state index contributed by atoms with van der Waals surface area (Å²) >= 11 is 3.22. The summed E-state index contributed by atoms with van der Waals surface area (Å²) in [7, 11) is 2.68. The van der Waals surface area contributed by atoms with Gasteiger partial charge in [-0.2, -0.15) is 0 Å². The molecule has 6 nitrogen and oxygen atoms in total. The zero-order valence-corrected chi connectivity index (χ0v) is 11.4. The van der Waals surface area contributed by atoms with E-state index in [1.165, 1.54) is 26.4 Å². The predicted molar refractivity (Wildman–Crippen MR) is 66.7 cm³/mol. The van der Waals surface area contributed by atoms with E-state index in [0.717, 1.165) is 0 Å². The molecule has 1 aromatic rings. The summed E-state index contributed by atoms with van der Waals surface area (Å²) in [6.07, 6.45) is 0. The zero-order valence-electron chi connectivity index (χ0n) is 9.86. The number of methoxy groups -OCH3 is 2. The minimum Gasteiger partial charge on any atom is -0.496 e. The number of amides is 1. The molecule has 0 saturated carbocycles. The van der Waals surface area contributed by atoms with Crippen molar-refractivity contribution in [3.8, 4) is 11.5 Å². The molecule has 0 saturated heterocycles. The monoisotopic (exact) mass is 317 g/mol. The Kier molecular flexibility index (Phi) is 4.96. The van der Waals surface area contributed by atoms with Crippen molar-refractivity contribution in [2.75, 3.05) is 20.8 Å². The average molecular weight is 318 g/mol. The first-order valence-electron chi connectivity index (χ1n) is 4.86. The van der Waals surface area contributed by atoms with Crippen molar-refractivity contribution in [1.82, 2.24) is 0 Å². The van der Waals surface area contributed by atoms with Gasteiger partial charge in [-0.3, -0.25) is 4.79 Å². The van der Waals surface area contributed by atoms with Gasteiger partial charge in [-0.1, -0.05) is 0 Å². The molecule has 0 aliphatic heterocycles. The first-order valence-corrected chi connectivity index (χ1v) is 5.65. The number of hydrogen-bond donors (Lipinski definition) is 1. The summed E-state index contributed by atoms with van der Waals surface area (Å²) in [4.78, 5) is 22.1. The van der Waals surface area contributed by atoms with E-state index in [9.17, 15) is 9.59 Å². The van der Waals surface area contributed by atoms with Crippen LogP contribution in [-0.4, -0.2) is 32.7 Å². The maximum Gasteiger partial charge on any atom is 0.341 e. The molecule has 0 unspecified atom stereocenters. The fourth-order valence-electron chi connectivity index (χ4n) is 1.23. The van der Waals surface area contributed by atoms with Crippen molar-refractivity contribution in [1.29, 1.82) is 0 Å². The number of primary amides is 1. The van der Waals surface area contributed by atoms with E-state index in [2.05, 4.69) is 20.7 Å². The summed E-state index contributed by atoms with van der Waals surface area (Å²) in [6, 6.07) is 2.96. The number of esters is 1. The van der Waals surface area contributed by atoms with Crippen LogP contribution >= 0.6 is 15.9 Å². The molecule has 0 bridgehead atoms. The molecule has 0 atom stereocenters. The van der Waals surface area contributed by atoms with E-state index in [1.807, 2.05) is 0 Å². The third-order valence-electron chi connectivity index (χ3n) is 2.03. The van der Waals surface area contributed by atoms with E-state index in [0.29, 0.717) is 10.2 Å². The molecule has 0 fully saturated rings. The number of ether oxygens (including phenoxy) is 3. The van der Waals surface area contributed by atoms with Gasteiger partial charge in [0.25, 0.3) is 5.91 Å². The topological polar surface area (TPSA) is 87.9 Å². The van der Waals surface area contributed by atoms with Crippen molar-refractivity contribution in [2.45, 2.75) is 0 Å². The van der Waals surface area contributed by atoms with E-state index in [4.69, 9.17) is 15.2 Å². The molecule has 2 N–H and O–H groups in total. The summed E-state index contributed by atoms with van der Waals surface area (Å²) in [5.74, 6) is -0.505. The molecule has 7 heteroatoms. The Bertz CT molecular complexity index is 475. The van der Waals surface area contributed by atoms with Crippen LogP contribution in [0.5, 0.6) is 11.5 Å². The Morgan fingerprint density at radius 2 is 1.94 bits per heavy atom. The van der Waals surface area contributed by atoms with Crippen LogP contribution in [0.1, 0.15) is 10.4 Å². The minimum atomic E-state index is -0.599. The molecular weight excluding hydrogens is 306 g/mol. The molecular formula is C11H12BrNO5. The lowest BCUT2D eigenvalue weighted by Crippen LogP contribution is -2.20. The summed E-state index contributed by atoms with van der Waals surface area (Å²) in [6.45, 7) is -0.265. The highest BCUT2D eigenvalue weighted by Crippen LogP contribution is 2.33. The van der Waals surface area contributed by atoms with Crippen LogP contribution in [0.4, 0.5) is 0 Å². The number of hydrogen-bond acceptors (Lipinski definition) is 5. The molecule has 0 radical (unpaired) electrons. The van der Waals surface area contributed by atoms with Gasteiger partial charge in [-0.25, -0.2) is 4.79 Å². The highest BCUT2D eigenvalue weighted by atomic mass is 79.9. The Balaban J connectivity index is 3.09. The SMILES string of the molecule is COC(=O)c1cc(Br)c(OCC(N)=O)cc1OC. The van der Waals surface area contributed by atoms with Gasteiger partial charge >= 0.3 is 5.97 Å². The van der Waals surface area contributed by atoms with Gasteiger partial charge < -0.3 is 19.9 Å². The molecule has 98 valence electrons. The number of carbonyl (C=O) groups excluding carboxylic acids is 2. The lowest BCUT2D eigenvalue weighted by atomic mass is 10.2. The predicted octanol–water partition coefficient (Wildman–Crippen LogP) is 1.11. The molecule has 0 aliphatic carbocycles. The molecule has 1 amide bonds. The molecule has 0 spiro atoms. The van der Waals surface area contributed by atoms with Crippen molar-refractivity contribution in [3.63, 3.8) is 0 Å². The van der Waals surface area contributed by atoms with Crippen LogP contribution in [0.25, 0.3) is 0 Å². The minimum absolute atomic E-state index is 0.248. The van der Waals surface area contributed by atoms with Gasteiger partial charge in [0.05, 0.1) is 18.7 Å². The van der Waals surface area contributed by atoms with Gasteiger partial charge in [0, 0.05) is 6.07 Å². The lowest BCUT2D eigenvalue weighted by Gasteiger charge is -2.11. The number of rotatable bonds is 5. The van der Waals surface area contributed by atoms with Crippen molar-refractivity contribution < 1.29 is 23.8 Å². The molecule has 0 aromatic heterocycles. The number of halogens is 1. The normalized spacial score (nSPS) is 9.72. The van der Waals surface area contributed by atoms with E-state index < -0.39 is 11.9 Å². The lowest BCUT2D eigenvalue weighted by molar-refractivity contribution is -0.119. The summed E-state index contributed by atoms with van der Waals surface area (Å²) in [5, 5.41) is 0. The largest absolute Gasteiger partial charge is 0.496 e. The standard InChI is InChI=1S/C11H12BrNO5/c1-16-8-4-9(18-5-10(13)14)7(12)3-6(8)11(15)17-2/h3-4H,5H2,1-2H3,(H2,13,14). The summed E-state index contributed by atoms with van der Waals surface area (Å²) in [5.41, 5.74) is 5.22. The van der Waals surface area contributed by atoms with E-state index in [1.54, 1.807) is 0 Å². The second-order valence-electron chi connectivity index (χ2n) is 3.23. The third kappa shape index (κ3) is 3.36. The first-order chi connectivity index (χ1) is 8.49. The van der Waals surface area contributed by atoms with Gasteiger partial charge in [-0.15, -0.1) is 0 Å². The maximum atomic E-state index is 11.5. The van der Waals surface area contributed by atoms with E-state index >= 15 is 0 Å².